The van der Waals surface area contributed by atoms with Gasteiger partial charge in [-0.05, 0) is 18.2 Å². The lowest BCUT2D eigenvalue weighted by atomic mass is 9.86. The molecule has 0 aromatic heterocycles. The fourth-order valence-electron chi connectivity index (χ4n) is 2.86. The number of nitrogens with one attached hydrogen (secondary N) is 1. The number of ether oxygens (including phenoxy) is 1. The van der Waals surface area contributed by atoms with Gasteiger partial charge in [-0.2, -0.15) is 5.26 Å². The van der Waals surface area contributed by atoms with Gasteiger partial charge in [0.05, 0.1) is 23.8 Å². The third kappa shape index (κ3) is 4.55. The van der Waals surface area contributed by atoms with Gasteiger partial charge in [-0.15, -0.1) is 11.8 Å². The summed E-state index contributed by atoms with van der Waals surface area (Å²) in [4.78, 5) is 12.1. The maximum Gasteiger partial charge on any atom is 0.225 e. The van der Waals surface area contributed by atoms with Crippen molar-refractivity contribution in [2.75, 3.05) is 12.9 Å². The number of hydrogen-bond donors (Lipinski definition) is 1. The molecule has 5 heteroatoms. The summed E-state index contributed by atoms with van der Waals surface area (Å²) in [6, 6.07) is 9.92. The molecule has 0 unspecified atom stereocenters. The van der Waals surface area contributed by atoms with Crippen LogP contribution in [0.15, 0.2) is 34.9 Å². The second-order valence-corrected chi connectivity index (χ2v) is 6.92. The van der Waals surface area contributed by atoms with Crippen LogP contribution in [0.1, 0.15) is 50.5 Å². The lowest BCUT2D eigenvalue weighted by Crippen LogP contribution is -2.31. The minimum atomic E-state index is -0.238. The number of amides is 1. The van der Waals surface area contributed by atoms with Crippen molar-refractivity contribution in [1.29, 1.82) is 5.26 Å². The molecule has 1 aromatic rings. The summed E-state index contributed by atoms with van der Waals surface area (Å²) in [5.41, 5.74) is 1.54. The van der Waals surface area contributed by atoms with E-state index in [4.69, 9.17) is 4.74 Å². The summed E-state index contributed by atoms with van der Waals surface area (Å²) in [6.07, 6.45) is 4.98. The van der Waals surface area contributed by atoms with Crippen molar-refractivity contribution >= 4 is 17.7 Å². The van der Waals surface area contributed by atoms with Crippen LogP contribution in [0, 0.1) is 11.3 Å². The Labute approximate surface area is 148 Å². The fourth-order valence-corrected chi connectivity index (χ4v) is 3.94. The van der Waals surface area contributed by atoms with Gasteiger partial charge in [0.2, 0.25) is 5.91 Å². The van der Waals surface area contributed by atoms with E-state index in [1.807, 2.05) is 24.3 Å². The number of hydrogen-bond acceptors (Lipinski definition) is 4. The Balaban J connectivity index is 2.22. The third-order valence-corrected chi connectivity index (χ3v) is 5.22. The molecular formula is C19H24N2O2S. The molecule has 4 nitrogen and oxygen atoms in total. The molecule has 1 aliphatic rings. The first-order valence-corrected chi connectivity index (χ1v) is 9.39. The van der Waals surface area contributed by atoms with Crippen LogP contribution in [0.2, 0.25) is 0 Å². The Bertz CT molecular complexity index is 649. The van der Waals surface area contributed by atoms with Gasteiger partial charge < -0.3 is 10.1 Å². The molecule has 0 spiro atoms. The van der Waals surface area contributed by atoms with Gasteiger partial charge in [0.1, 0.15) is 5.75 Å². The van der Waals surface area contributed by atoms with Gasteiger partial charge in [0.25, 0.3) is 0 Å². The van der Waals surface area contributed by atoms with E-state index in [9.17, 15) is 10.1 Å². The first-order chi connectivity index (χ1) is 11.7. The van der Waals surface area contributed by atoms with E-state index in [2.05, 4.69) is 18.3 Å². The second kappa shape index (κ2) is 9.39. The quantitative estimate of drug-likeness (QED) is 0.712. The maximum atomic E-state index is 12.1. The highest BCUT2D eigenvalue weighted by Gasteiger charge is 2.31. The summed E-state index contributed by atoms with van der Waals surface area (Å²) in [5, 5.41) is 13.3. The lowest BCUT2D eigenvalue weighted by Gasteiger charge is -2.26. The molecule has 1 atom stereocenters. The second-order valence-electron chi connectivity index (χ2n) is 5.81. The number of nitriles is 1. The minimum absolute atomic E-state index is 0.0408. The highest BCUT2D eigenvalue weighted by Crippen LogP contribution is 2.39. The summed E-state index contributed by atoms with van der Waals surface area (Å²) >= 11 is 1.58. The number of benzene rings is 1. The predicted octanol–water partition coefficient (Wildman–Crippen LogP) is 4.35. The van der Waals surface area contributed by atoms with Gasteiger partial charge in [0, 0.05) is 17.9 Å². The number of carbonyl (C=O) groups excluding carboxylic acids is 1. The highest BCUT2D eigenvalue weighted by atomic mass is 32.2. The summed E-state index contributed by atoms with van der Waals surface area (Å²) < 4.78 is 5.42. The molecule has 0 radical (unpaired) electrons. The normalized spacial score (nSPS) is 17.4. The topological polar surface area (TPSA) is 62.1 Å². The molecule has 0 bridgehead atoms. The van der Waals surface area contributed by atoms with Gasteiger partial charge >= 0.3 is 0 Å². The first-order valence-electron chi connectivity index (χ1n) is 8.41. The average Bonchev–Trinajstić information content (AvgIpc) is 2.61. The zero-order valence-electron chi connectivity index (χ0n) is 14.3. The van der Waals surface area contributed by atoms with Crippen LogP contribution in [0.4, 0.5) is 0 Å². The number of rotatable bonds is 8. The van der Waals surface area contributed by atoms with Crippen LogP contribution in [0.3, 0.4) is 0 Å². The van der Waals surface area contributed by atoms with Crippen molar-refractivity contribution in [2.45, 2.75) is 44.9 Å². The molecule has 0 fully saturated rings. The van der Waals surface area contributed by atoms with Crippen LogP contribution < -0.4 is 10.1 Å². The number of allylic oxidation sites excluding steroid dienone is 1. The fraction of sp³-hybridized carbons (Fsp3) is 0.474. The molecule has 1 aliphatic heterocycles. The third-order valence-electron chi connectivity index (χ3n) is 4.11. The number of nitrogens with zero attached hydrogens (tertiary/aromatic N) is 1. The number of thioether (sulfide) groups is 1. The van der Waals surface area contributed by atoms with Gasteiger partial charge in [-0.1, -0.05) is 44.4 Å². The molecule has 128 valence electrons. The molecule has 1 aromatic carbocycles. The van der Waals surface area contributed by atoms with E-state index in [1.54, 1.807) is 18.9 Å². The van der Waals surface area contributed by atoms with Crippen LogP contribution >= 0.6 is 11.8 Å². The van der Waals surface area contributed by atoms with Crippen LogP contribution in [0.5, 0.6) is 5.75 Å². The smallest absolute Gasteiger partial charge is 0.225 e. The Morgan fingerprint density at radius 1 is 1.33 bits per heavy atom. The lowest BCUT2D eigenvalue weighted by molar-refractivity contribution is -0.120. The maximum absolute atomic E-state index is 12.1. The molecule has 1 N–H and O–H groups in total. The molecule has 1 amide bonds. The molecule has 2 rings (SSSR count). The van der Waals surface area contributed by atoms with E-state index < -0.39 is 0 Å². The van der Waals surface area contributed by atoms with Crippen molar-refractivity contribution < 1.29 is 9.53 Å². The summed E-state index contributed by atoms with van der Waals surface area (Å²) in [5.74, 6) is 1.36. The monoisotopic (exact) mass is 344 g/mol. The Morgan fingerprint density at radius 2 is 2.12 bits per heavy atom. The van der Waals surface area contributed by atoms with Gasteiger partial charge in [-0.25, -0.2) is 0 Å². The zero-order valence-corrected chi connectivity index (χ0v) is 15.1. The van der Waals surface area contributed by atoms with Crippen molar-refractivity contribution in [3.63, 3.8) is 0 Å². The van der Waals surface area contributed by atoms with E-state index in [0.717, 1.165) is 23.5 Å². The van der Waals surface area contributed by atoms with Crippen molar-refractivity contribution in [3.8, 4) is 11.8 Å². The molecule has 1 heterocycles. The number of methoxy groups -OCH3 is 1. The molecule has 24 heavy (non-hydrogen) atoms. The summed E-state index contributed by atoms with van der Waals surface area (Å²) in [6.45, 7) is 2.18. The van der Waals surface area contributed by atoms with E-state index in [-0.39, 0.29) is 18.2 Å². The van der Waals surface area contributed by atoms with Gasteiger partial charge in [-0.3, -0.25) is 4.79 Å². The number of para-hydroxylation sites is 1. The molecule has 0 aliphatic carbocycles. The first kappa shape index (κ1) is 18.4. The number of unbranched alkanes of at least 4 members (excludes halogenated alkanes) is 3. The van der Waals surface area contributed by atoms with Crippen molar-refractivity contribution in [3.05, 3.63) is 40.4 Å². The van der Waals surface area contributed by atoms with Gasteiger partial charge in [0.15, 0.2) is 0 Å². The summed E-state index contributed by atoms with van der Waals surface area (Å²) in [7, 11) is 1.61. The molecule has 0 saturated carbocycles. The molecular weight excluding hydrogens is 320 g/mol. The van der Waals surface area contributed by atoms with E-state index >= 15 is 0 Å². The number of carbonyl (C=O) groups is 1. The highest BCUT2D eigenvalue weighted by molar-refractivity contribution is 8.03. The average molecular weight is 344 g/mol. The van der Waals surface area contributed by atoms with Crippen LogP contribution in [-0.2, 0) is 4.79 Å². The standard InChI is InChI=1S/C19H24N2O2S/c1-3-4-5-8-11-24-19-16(13-20)15(12-18(22)21-19)14-9-6-7-10-17(14)23-2/h6-7,9-10,15H,3-5,8,11-12H2,1-2H3,(H,21,22)/t15-/m1/s1. The predicted molar refractivity (Wildman–Crippen MR) is 97.7 cm³/mol. The van der Waals surface area contributed by atoms with E-state index in [1.165, 1.54) is 19.3 Å². The Morgan fingerprint density at radius 3 is 2.83 bits per heavy atom. The van der Waals surface area contributed by atoms with E-state index in [0.29, 0.717) is 10.6 Å². The van der Waals surface area contributed by atoms with Crippen LogP contribution in [-0.4, -0.2) is 18.8 Å². The zero-order chi connectivity index (χ0) is 17.4. The van der Waals surface area contributed by atoms with Crippen molar-refractivity contribution in [1.82, 2.24) is 5.32 Å². The van der Waals surface area contributed by atoms with Crippen molar-refractivity contribution in [2.24, 2.45) is 0 Å². The minimum Gasteiger partial charge on any atom is -0.496 e. The van der Waals surface area contributed by atoms with Crippen LogP contribution in [0.25, 0.3) is 0 Å². The SMILES string of the molecule is CCCCCCSC1=C(C#N)[C@@H](c2ccccc2OC)CC(=O)N1. The Hall–Kier alpha value is -1.93. The largest absolute Gasteiger partial charge is 0.496 e. The molecule has 0 saturated heterocycles. The Kier molecular flexibility index (Phi) is 7.20.